The van der Waals surface area contributed by atoms with E-state index in [0.29, 0.717) is 22.6 Å². The molecular formula is C25H19BrN4OS. The van der Waals surface area contributed by atoms with Gasteiger partial charge in [0.05, 0.1) is 20.8 Å². The van der Waals surface area contributed by atoms with Crippen LogP contribution in [0.1, 0.15) is 18.1 Å². The van der Waals surface area contributed by atoms with Gasteiger partial charge in [-0.2, -0.15) is 5.26 Å². The van der Waals surface area contributed by atoms with Crippen LogP contribution in [0.3, 0.4) is 0 Å². The minimum absolute atomic E-state index is 0.208. The number of anilines is 2. The average molecular weight is 503 g/mol. The van der Waals surface area contributed by atoms with Crippen molar-refractivity contribution in [2.24, 2.45) is 0 Å². The molecule has 0 fully saturated rings. The smallest absolute Gasteiger partial charge is 0.250 e. The fraction of sp³-hybridized carbons (Fsp3) is 0.0800. The summed E-state index contributed by atoms with van der Waals surface area (Å²) in [4.78, 5) is 17.4. The molecule has 158 valence electrons. The molecule has 4 rings (SSSR count). The Morgan fingerprint density at radius 3 is 2.59 bits per heavy atom. The molecule has 3 N–H and O–H groups in total. The third kappa shape index (κ3) is 3.91. The van der Waals surface area contributed by atoms with Gasteiger partial charge in [-0.05, 0) is 70.7 Å². The number of rotatable bonds is 4. The average Bonchev–Trinajstić information content (AvgIpc) is 3.18. The molecule has 2 heterocycles. The molecule has 7 heteroatoms. The van der Waals surface area contributed by atoms with Crippen LogP contribution >= 0.6 is 27.3 Å². The van der Waals surface area contributed by atoms with E-state index in [0.717, 1.165) is 41.7 Å². The number of benzene rings is 2. The highest BCUT2D eigenvalue weighted by Gasteiger charge is 2.21. The predicted octanol–water partition coefficient (Wildman–Crippen LogP) is 6.67. The van der Waals surface area contributed by atoms with Gasteiger partial charge in [0.1, 0.15) is 5.82 Å². The van der Waals surface area contributed by atoms with E-state index >= 15 is 0 Å². The molecule has 0 radical (unpaired) electrons. The normalized spacial score (nSPS) is 10.7. The molecule has 0 unspecified atom stereocenters. The third-order valence-corrected chi connectivity index (χ3v) is 7.24. The summed E-state index contributed by atoms with van der Waals surface area (Å²) >= 11 is 5.24. The first-order valence-corrected chi connectivity index (χ1v) is 11.4. The van der Waals surface area contributed by atoms with Crippen molar-refractivity contribution in [3.63, 3.8) is 0 Å². The zero-order valence-corrected chi connectivity index (χ0v) is 19.9. The summed E-state index contributed by atoms with van der Waals surface area (Å²) in [5.74, 6) is 0.244. The van der Waals surface area contributed by atoms with E-state index < -0.39 is 0 Å². The number of hydrogen-bond donors (Lipinski definition) is 2. The quantitative estimate of drug-likeness (QED) is 0.304. The minimum atomic E-state index is -0.208. The van der Waals surface area contributed by atoms with Crippen molar-refractivity contribution in [2.75, 3.05) is 11.1 Å². The number of amides is 1. The monoisotopic (exact) mass is 502 g/mol. The second-order valence-corrected chi connectivity index (χ2v) is 9.33. The summed E-state index contributed by atoms with van der Waals surface area (Å²) in [6, 6.07) is 15.4. The number of hydrogen-bond acceptors (Lipinski definition) is 5. The van der Waals surface area contributed by atoms with Crippen LogP contribution in [0.15, 0.2) is 65.3 Å². The summed E-state index contributed by atoms with van der Waals surface area (Å²) in [6.45, 7) is 7.37. The Labute approximate surface area is 198 Å². The summed E-state index contributed by atoms with van der Waals surface area (Å²) in [5.41, 5.74) is 12.0. The molecule has 0 atom stereocenters. The van der Waals surface area contributed by atoms with Gasteiger partial charge in [0, 0.05) is 33.3 Å². The molecule has 2 aromatic carbocycles. The lowest BCUT2D eigenvalue weighted by Gasteiger charge is -2.12. The Bertz CT molecular complexity index is 1430. The molecule has 4 aromatic rings. The first-order chi connectivity index (χ1) is 15.3. The maximum absolute atomic E-state index is 12.0. The Hall–Kier alpha value is -3.47. The zero-order valence-electron chi connectivity index (χ0n) is 17.5. The highest BCUT2D eigenvalue weighted by atomic mass is 79.9. The molecule has 0 bridgehead atoms. The van der Waals surface area contributed by atoms with Crippen molar-refractivity contribution >= 4 is 54.8 Å². The van der Waals surface area contributed by atoms with E-state index in [1.807, 2.05) is 37.3 Å². The Morgan fingerprint density at radius 2 is 1.97 bits per heavy atom. The number of aryl methyl sites for hydroxylation is 1. The molecule has 1 amide bonds. The largest absolute Gasteiger partial charge is 0.383 e. The van der Waals surface area contributed by atoms with E-state index in [1.165, 1.54) is 0 Å². The van der Waals surface area contributed by atoms with Crippen LogP contribution in [0.5, 0.6) is 0 Å². The van der Waals surface area contributed by atoms with Crippen LogP contribution in [0, 0.1) is 18.3 Å². The predicted molar refractivity (Wildman–Crippen MR) is 136 cm³/mol. The first-order valence-electron chi connectivity index (χ1n) is 9.75. The Morgan fingerprint density at radius 1 is 1.25 bits per heavy atom. The summed E-state index contributed by atoms with van der Waals surface area (Å²) in [5, 5.41) is 12.9. The van der Waals surface area contributed by atoms with Gasteiger partial charge >= 0.3 is 0 Å². The van der Waals surface area contributed by atoms with Crippen molar-refractivity contribution in [1.82, 2.24) is 4.98 Å². The number of nitrogens with one attached hydrogen (secondary N) is 1. The minimum Gasteiger partial charge on any atom is -0.383 e. The summed E-state index contributed by atoms with van der Waals surface area (Å²) in [7, 11) is 0. The lowest BCUT2D eigenvalue weighted by atomic mass is 9.96. The van der Waals surface area contributed by atoms with E-state index in [1.54, 1.807) is 36.6 Å². The number of nitrogens with zero attached hydrogens (tertiary/aromatic N) is 2. The number of nitriles is 1. The molecule has 0 saturated heterocycles. The van der Waals surface area contributed by atoms with Crippen molar-refractivity contribution in [3.8, 4) is 27.6 Å². The molecule has 32 heavy (non-hydrogen) atoms. The van der Waals surface area contributed by atoms with Gasteiger partial charge in [-0.3, -0.25) is 4.79 Å². The maximum atomic E-state index is 12.0. The van der Waals surface area contributed by atoms with Gasteiger partial charge in [0.2, 0.25) is 0 Å². The number of nitrogens with two attached hydrogens (primary N) is 1. The molecular weight excluding hydrogens is 484 g/mol. The molecule has 0 spiro atoms. The molecule has 5 nitrogen and oxygen atoms in total. The summed E-state index contributed by atoms with van der Waals surface area (Å²) in [6.07, 6.45) is 1.71. The van der Waals surface area contributed by atoms with Crippen LogP contribution in [0.2, 0.25) is 0 Å². The highest BCUT2D eigenvalue weighted by molar-refractivity contribution is 9.10. The van der Waals surface area contributed by atoms with Crippen molar-refractivity contribution in [1.29, 1.82) is 5.26 Å². The molecule has 0 saturated carbocycles. The highest BCUT2D eigenvalue weighted by Crippen LogP contribution is 2.49. The van der Waals surface area contributed by atoms with Crippen LogP contribution in [-0.4, -0.2) is 10.9 Å². The van der Waals surface area contributed by atoms with E-state index in [-0.39, 0.29) is 5.91 Å². The van der Waals surface area contributed by atoms with E-state index in [4.69, 9.17) is 5.73 Å². The first kappa shape index (κ1) is 21.8. The molecule has 0 aliphatic heterocycles. The summed E-state index contributed by atoms with van der Waals surface area (Å²) < 4.78 is 1.88. The maximum Gasteiger partial charge on any atom is 0.250 e. The number of aromatic nitrogens is 1. The van der Waals surface area contributed by atoms with Crippen LogP contribution in [-0.2, 0) is 4.79 Å². The number of pyridine rings is 1. The van der Waals surface area contributed by atoms with E-state index in [9.17, 15) is 10.1 Å². The fourth-order valence-corrected chi connectivity index (χ4v) is 5.37. The SMILES string of the molecule is C=C(C)C(=O)Nc1ccc(-c2sc3c(Br)cnc(N)c3c2-c2ccc(C#N)cc2)c(C)c1. The van der Waals surface area contributed by atoms with Gasteiger partial charge in [-0.15, -0.1) is 11.3 Å². The van der Waals surface area contributed by atoms with E-state index in [2.05, 4.69) is 38.9 Å². The second-order valence-electron chi connectivity index (χ2n) is 7.45. The van der Waals surface area contributed by atoms with Gasteiger partial charge in [0.25, 0.3) is 5.91 Å². The number of nitrogen functional groups attached to an aromatic ring is 1. The van der Waals surface area contributed by atoms with Crippen molar-refractivity contribution < 1.29 is 4.79 Å². The number of carbonyl (C=O) groups is 1. The Balaban J connectivity index is 1.94. The fourth-order valence-electron chi connectivity index (χ4n) is 3.50. The van der Waals surface area contributed by atoms with Crippen LogP contribution in [0.25, 0.3) is 31.7 Å². The molecule has 0 aliphatic carbocycles. The zero-order chi connectivity index (χ0) is 23.0. The van der Waals surface area contributed by atoms with Gasteiger partial charge in [-0.1, -0.05) is 24.8 Å². The van der Waals surface area contributed by atoms with Gasteiger partial charge < -0.3 is 11.1 Å². The number of fused-ring (bicyclic) bond motifs is 1. The standard InChI is InChI=1S/C25H19BrN4OS/c1-13(2)25(31)30-17-8-9-18(14(3)10-17)22-20(16-6-4-15(11-27)5-7-16)21-23(32-22)19(26)12-29-24(21)28/h4-10,12H,1H2,2-3H3,(H2,28,29)(H,30,31). The molecule has 0 aliphatic rings. The van der Waals surface area contributed by atoms with Gasteiger partial charge in [-0.25, -0.2) is 4.98 Å². The lowest BCUT2D eigenvalue weighted by Crippen LogP contribution is -2.11. The second kappa shape index (κ2) is 8.58. The Kier molecular flexibility index (Phi) is 5.83. The van der Waals surface area contributed by atoms with Crippen molar-refractivity contribution in [3.05, 3.63) is 76.4 Å². The van der Waals surface area contributed by atoms with Crippen molar-refractivity contribution in [2.45, 2.75) is 13.8 Å². The number of halogens is 1. The van der Waals surface area contributed by atoms with Gasteiger partial charge in [0.15, 0.2) is 0 Å². The lowest BCUT2D eigenvalue weighted by molar-refractivity contribution is -0.112. The topological polar surface area (TPSA) is 91.8 Å². The third-order valence-electron chi connectivity index (χ3n) is 5.12. The number of thiophene rings is 1. The van der Waals surface area contributed by atoms with Crippen LogP contribution in [0.4, 0.5) is 11.5 Å². The van der Waals surface area contributed by atoms with Crippen LogP contribution < -0.4 is 11.1 Å². The molecule has 2 aromatic heterocycles. The number of carbonyl (C=O) groups excluding carboxylic acids is 1.